The SMILES string of the molecule is Cc1cc(F)cc(C)c1C(O)C1CC1c1ccccc1. The van der Waals surface area contributed by atoms with Gasteiger partial charge in [0.25, 0.3) is 0 Å². The van der Waals surface area contributed by atoms with Crippen molar-refractivity contribution in [2.75, 3.05) is 0 Å². The van der Waals surface area contributed by atoms with Crippen molar-refractivity contribution in [3.8, 4) is 0 Å². The van der Waals surface area contributed by atoms with Crippen molar-refractivity contribution in [1.82, 2.24) is 0 Å². The second-order valence-electron chi connectivity index (χ2n) is 5.81. The zero-order valence-corrected chi connectivity index (χ0v) is 11.8. The molecule has 1 aliphatic carbocycles. The molecule has 0 radical (unpaired) electrons. The van der Waals surface area contributed by atoms with Gasteiger partial charge in [-0.1, -0.05) is 30.3 Å². The Morgan fingerprint density at radius 2 is 1.70 bits per heavy atom. The summed E-state index contributed by atoms with van der Waals surface area (Å²) in [5.74, 6) is 0.446. The van der Waals surface area contributed by atoms with Crippen LogP contribution < -0.4 is 0 Å². The Bertz CT molecular complexity index is 598. The molecule has 0 heterocycles. The van der Waals surface area contributed by atoms with Crippen molar-refractivity contribution in [1.29, 1.82) is 0 Å². The number of benzene rings is 2. The van der Waals surface area contributed by atoms with E-state index in [4.69, 9.17) is 0 Å². The third kappa shape index (κ3) is 2.36. The van der Waals surface area contributed by atoms with Crippen LogP contribution in [0.4, 0.5) is 4.39 Å². The topological polar surface area (TPSA) is 20.2 Å². The van der Waals surface area contributed by atoms with Crippen molar-refractivity contribution in [3.63, 3.8) is 0 Å². The van der Waals surface area contributed by atoms with E-state index < -0.39 is 6.10 Å². The Morgan fingerprint density at radius 1 is 1.10 bits per heavy atom. The van der Waals surface area contributed by atoms with Gasteiger partial charge in [-0.2, -0.15) is 0 Å². The highest BCUT2D eigenvalue weighted by atomic mass is 19.1. The number of hydrogen-bond acceptors (Lipinski definition) is 1. The molecule has 0 aromatic heterocycles. The van der Waals surface area contributed by atoms with Gasteiger partial charge in [-0.25, -0.2) is 4.39 Å². The molecule has 3 rings (SSSR count). The summed E-state index contributed by atoms with van der Waals surface area (Å²) in [6.07, 6.45) is 0.502. The molecule has 2 aromatic carbocycles. The predicted molar refractivity (Wildman–Crippen MR) is 78.1 cm³/mol. The van der Waals surface area contributed by atoms with Crippen LogP contribution in [0.15, 0.2) is 42.5 Å². The molecular weight excluding hydrogens is 251 g/mol. The molecule has 2 aromatic rings. The molecule has 1 nitrogen and oxygen atoms in total. The first-order chi connectivity index (χ1) is 9.58. The van der Waals surface area contributed by atoms with E-state index in [9.17, 15) is 9.50 Å². The van der Waals surface area contributed by atoms with E-state index in [2.05, 4.69) is 12.1 Å². The van der Waals surface area contributed by atoms with Gasteiger partial charge in [0.1, 0.15) is 5.82 Å². The summed E-state index contributed by atoms with van der Waals surface area (Å²) in [5.41, 5.74) is 3.87. The van der Waals surface area contributed by atoms with Crippen LogP contribution in [0.25, 0.3) is 0 Å². The summed E-state index contributed by atoms with van der Waals surface area (Å²) >= 11 is 0. The average Bonchev–Trinajstić information content (AvgIpc) is 3.18. The number of aryl methyl sites for hydroxylation is 2. The molecule has 0 amide bonds. The lowest BCUT2D eigenvalue weighted by Crippen LogP contribution is -2.06. The van der Waals surface area contributed by atoms with Crippen molar-refractivity contribution >= 4 is 0 Å². The van der Waals surface area contributed by atoms with Gasteiger partial charge in [0.05, 0.1) is 6.10 Å². The predicted octanol–water partition coefficient (Wildman–Crippen LogP) is 4.28. The lowest BCUT2D eigenvalue weighted by Gasteiger charge is -2.17. The minimum absolute atomic E-state index is 0.230. The Balaban J connectivity index is 1.84. The normalized spacial score (nSPS) is 22.6. The first-order valence-electron chi connectivity index (χ1n) is 7.07. The number of hydrogen-bond donors (Lipinski definition) is 1. The maximum absolute atomic E-state index is 13.3. The van der Waals surface area contributed by atoms with Gasteiger partial charge in [0.15, 0.2) is 0 Å². The highest BCUT2D eigenvalue weighted by molar-refractivity contribution is 5.38. The van der Waals surface area contributed by atoms with Crippen molar-refractivity contribution < 1.29 is 9.50 Å². The van der Waals surface area contributed by atoms with E-state index in [1.807, 2.05) is 32.0 Å². The van der Waals surface area contributed by atoms with Gasteiger partial charge >= 0.3 is 0 Å². The van der Waals surface area contributed by atoms with E-state index in [0.717, 1.165) is 23.1 Å². The molecule has 0 spiro atoms. The molecule has 1 N–H and O–H groups in total. The van der Waals surface area contributed by atoms with Gasteiger partial charge in [0, 0.05) is 0 Å². The van der Waals surface area contributed by atoms with Crippen LogP contribution in [0.2, 0.25) is 0 Å². The van der Waals surface area contributed by atoms with Gasteiger partial charge in [-0.3, -0.25) is 0 Å². The molecule has 0 aliphatic heterocycles. The minimum Gasteiger partial charge on any atom is -0.388 e. The van der Waals surface area contributed by atoms with Crippen molar-refractivity contribution in [2.24, 2.45) is 5.92 Å². The number of rotatable bonds is 3. The van der Waals surface area contributed by atoms with Crippen LogP contribution in [0, 0.1) is 25.6 Å². The monoisotopic (exact) mass is 270 g/mol. The molecule has 3 atom stereocenters. The summed E-state index contributed by atoms with van der Waals surface area (Å²) < 4.78 is 13.3. The highest BCUT2D eigenvalue weighted by Crippen LogP contribution is 2.54. The lowest BCUT2D eigenvalue weighted by atomic mass is 9.93. The van der Waals surface area contributed by atoms with Gasteiger partial charge in [0.2, 0.25) is 0 Å². The second-order valence-corrected chi connectivity index (χ2v) is 5.81. The number of halogens is 1. The van der Waals surface area contributed by atoms with E-state index >= 15 is 0 Å². The lowest BCUT2D eigenvalue weighted by molar-refractivity contribution is 0.150. The van der Waals surface area contributed by atoms with Gasteiger partial charge in [-0.15, -0.1) is 0 Å². The molecule has 1 aliphatic rings. The van der Waals surface area contributed by atoms with Crippen molar-refractivity contribution in [3.05, 3.63) is 70.5 Å². The van der Waals surface area contributed by atoms with E-state index in [1.54, 1.807) is 0 Å². The first-order valence-corrected chi connectivity index (χ1v) is 7.07. The quantitative estimate of drug-likeness (QED) is 0.882. The van der Waals surface area contributed by atoms with Crippen LogP contribution >= 0.6 is 0 Å². The molecular formula is C18H19FO. The number of aliphatic hydroxyl groups is 1. The first kappa shape index (κ1) is 13.3. The maximum atomic E-state index is 13.3. The van der Waals surface area contributed by atoms with E-state index in [1.165, 1.54) is 17.7 Å². The zero-order valence-electron chi connectivity index (χ0n) is 11.8. The standard InChI is InChI=1S/C18H19FO/c1-11-8-14(19)9-12(2)17(11)18(20)16-10-15(16)13-6-4-3-5-7-13/h3-9,15-16,18,20H,10H2,1-2H3. The molecule has 104 valence electrons. The smallest absolute Gasteiger partial charge is 0.123 e. The third-order valence-electron chi connectivity index (χ3n) is 4.33. The zero-order chi connectivity index (χ0) is 14.3. The van der Waals surface area contributed by atoms with E-state index in [0.29, 0.717) is 5.92 Å². The molecule has 1 saturated carbocycles. The summed E-state index contributed by atoms with van der Waals surface area (Å²) in [6.45, 7) is 3.74. The molecule has 20 heavy (non-hydrogen) atoms. The van der Waals surface area contributed by atoms with Crippen molar-refractivity contribution in [2.45, 2.75) is 32.3 Å². The largest absolute Gasteiger partial charge is 0.388 e. The Hall–Kier alpha value is -1.67. The Morgan fingerprint density at radius 3 is 2.30 bits per heavy atom. The van der Waals surface area contributed by atoms with Crippen LogP contribution in [-0.2, 0) is 0 Å². The molecule has 0 saturated heterocycles. The van der Waals surface area contributed by atoms with Crippen LogP contribution in [0.1, 0.15) is 40.7 Å². The maximum Gasteiger partial charge on any atom is 0.123 e. The molecule has 0 bridgehead atoms. The van der Waals surface area contributed by atoms with Crippen LogP contribution in [0.5, 0.6) is 0 Å². The third-order valence-corrected chi connectivity index (χ3v) is 4.33. The highest BCUT2D eigenvalue weighted by Gasteiger charge is 2.44. The Kier molecular flexibility index (Phi) is 3.35. The summed E-state index contributed by atoms with van der Waals surface area (Å²) in [5, 5.41) is 10.6. The van der Waals surface area contributed by atoms with E-state index in [-0.39, 0.29) is 11.7 Å². The fraction of sp³-hybridized carbons (Fsp3) is 0.333. The number of aliphatic hydroxyl groups excluding tert-OH is 1. The fourth-order valence-corrected chi connectivity index (χ4v) is 3.25. The molecule has 3 unspecified atom stereocenters. The second kappa shape index (κ2) is 5.02. The summed E-state index contributed by atoms with van der Waals surface area (Å²) in [6, 6.07) is 13.3. The summed E-state index contributed by atoms with van der Waals surface area (Å²) in [7, 11) is 0. The molecule has 1 fully saturated rings. The average molecular weight is 270 g/mol. The molecule has 2 heteroatoms. The van der Waals surface area contributed by atoms with Gasteiger partial charge < -0.3 is 5.11 Å². The Labute approximate surface area is 119 Å². The van der Waals surface area contributed by atoms with Gasteiger partial charge in [-0.05, 0) is 66.5 Å². The summed E-state index contributed by atoms with van der Waals surface area (Å²) in [4.78, 5) is 0. The minimum atomic E-state index is -0.499. The fourth-order valence-electron chi connectivity index (χ4n) is 3.25. The van der Waals surface area contributed by atoms with Crippen LogP contribution in [0.3, 0.4) is 0 Å². The van der Waals surface area contributed by atoms with Crippen LogP contribution in [-0.4, -0.2) is 5.11 Å².